The van der Waals surface area contributed by atoms with E-state index in [-0.39, 0.29) is 30.3 Å². The lowest BCUT2D eigenvalue weighted by molar-refractivity contribution is -0.129. The third kappa shape index (κ3) is 3.97. The van der Waals surface area contributed by atoms with Crippen LogP contribution in [0.15, 0.2) is 24.3 Å². The van der Waals surface area contributed by atoms with Crippen LogP contribution in [0, 0.1) is 0 Å². The first-order chi connectivity index (χ1) is 10.7. The van der Waals surface area contributed by atoms with Crippen LogP contribution in [0.2, 0.25) is 5.02 Å². The number of benzene rings is 1. The number of carbonyl (C=O) groups excluding carboxylic acids is 2. The number of amides is 2. The van der Waals surface area contributed by atoms with E-state index >= 15 is 0 Å². The minimum Gasteiger partial charge on any atom is -0.343 e. The van der Waals surface area contributed by atoms with Gasteiger partial charge in [-0.3, -0.25) is 9.59 Å². The number of nitrogens with one attached hydrogen (secondary N) is 2. The van der Waals surface area contributed by atoms with Gasteiger partial charge in [-0.2, -0.15) is 0 Å². The fraction of sp³-hybridized carbons (Fsp3) is 0.500. The highest BCUT2D eigenvalue weighted by Crippen LogP contribution is 2.28. The number of piperidine rings is 1. The maximum atomic E-state index is 12.7. The maximum Gasteiger partial charge on any atom is 0.249 e. The van der Waals surface area contributed by atoms with E-state index in [4.69, 9.17) is 11.6 Å². The lowest BCUT2D eigenvalue weighted by Crippen LogP contribution is -2.55. The van der Waals surface area contributed by atoms with E-state index in [1.54, 1.807) is 11.0 Å². The van der Waals surface area contributed by atoms with Crippen molar-refractivity contribution in [2.75, 3.05) is 18.0 Å². The number of para-hydroxylation sites is 1. The van der Waals surface area contributed by atoms with Crippen molar-refractivity contribution in [2.45, 2.75) is 37.8 Å². The molecule has 126 valence electrons. The lowest BCUT2D eigenvalue weighted by atomic mass is 10.0. The second kappa shape index (κ2) is 7.99. The molecule has 1 aromatic carbocycles. The number of hydrogen-bond donors (Lipinski definition) is 2. The van der Waals surface area contributed by atoms with Crippen LogP contribution in [0.25, 0.3) is 0 Å². The molecule has 2 atom stereocenters. The molecule has 2 aliphatic rings. The van der Waals surface area contributed by atoms with E-state index in [2.05, 4.69) is 10.6 Å². The van der Waals surface area contributed by atoms with Gasteiger partial charge in [0.1, 0.15) is 6.04 Å². The van der Waals surface area contributed by atoms with Gasteiger partial charge in [-0.15, -0.1) is 12.4 Å². The molecule has 0 spiro atoms. The first-order valence-corrected chi connectivity index (χ1v) is 8.14. The monoisotopic (exact) mass is 357 g/mol. The molecule has 0 saturated carbocycles. The van der Waals surface area contributed by atoms with Crippen LogP contribution < -0.4 is 15.5 Å². The highest BCUT2D eigenvalue weighted by Gasteiger charge is 2.33. The second-order valence-corrected chi connectivity index (χ2v) is 6.20. The van der Waals surface area contributed by atoms with Crippen molar-refractivity contribution in [3.05, 3.63) is 29.3 Å². The molecule has 2 saturated heterocycles. The Labute approximate surface area is 147 Å². The van der Waals surface area contributed by atoms with E-state index in [1.165, 1.54) is 0 Å². The van der Waals surface area contributed by atoms with Crippen molar-refractivity contribution in [2.24, 2.45) is 0 Å². The van der Waals surface area contributed by atoms with Gasteiger partial charge in [0.2, 0.25) is 11.8 Å². The SMILES string of the molecule is Cl.O=C(NC1CCCN(c2ccccc2Cl)C1=O)C1CCCN1. The van der Waals surface area contributed by atoms with Crippen molar-refractivity contribution < 1.29 is 9.59 Å². The summed E-state index contributed by atoms with van der Waals surface area (Å²) in [5.41, 5.74) is 0.715. The van der Waals surface area contributed by atoms with E-state index < -0.39 is 6.04 Å². The Morgan fingerprint density at radius 3 is 2.74 bits per heavy atom. The van der Waals surface area contributed by atoms with Crippen molar-refractivity contribution in [3.8, 4) is 0 Å². The standard InChI is InChI=1S/C16H20ClN3O2.ClH/c17-11-5-1-2-8-14(11)20-10-4-7-13(16(20)22)19-15(21)12-6-3-9-18-12;/h1-2,5,8,12-13,18H,3-4,6-7,9-10H2,(H,19,21);1H. The van der Waals surface area contributed by atoms with Gasteiger partial charge in [0.05, 0.1) is 16.8 Å². The van der Waals surface area contributed by atoms with Crippen LogP contribution in [0.1, 0.15) is 25.7 Å². The zero-order chi connectivity index (χ0) is 15.5. The van der Waals surface area contributed by atoms with Crippen LogP contribution >= 0.6 is 24.0 Å². The highest BCUT2D eigenvalue weighted by molar-refractivity contribution is 6.33. The number of nitrogens with zero attached hydrogens (tertiary/aromatic N) is 1. The molecule has 5 nitrogen and oxygen atoms in total. The van der Waals surface area contributed by atoms with Crippen LogP contribution in [-0.2, 0) is 9.59 Å². The fourth-order valence-corrected chi connectivity index (χ4v) is 3.34. The number of halogens is 2. The molecule has 2 N–H and O–H groups in total. The van der Waals surface area contributed by atoms with Crippen molar-refractivity contribution in [3.63, 3.8) is 0 Å². The van der Waals surface area contributed by atoms with Crippen LogP contribution in [0.3, 0.4) is 0 Å². The number of rotatable bonds is 3. The Kier molecular flexibility index (Phi) is 6.27. The topological polar surface area (TPSA) is 61.4 Å². The van der Waals surface area contributed by atoms with Gasteiger partial charge in [0.15, 0.2) is 0 Å². The van der Waals surface area contributed by atoms with E-state index in [1.807, 2.05) is 18.2 Å². The third-order valence-corrected chi connectivity index (χ3v) is 4.59. The highest BCUT2D eigenvalue weighted by atomic mass is 35.5. The van der Waals surface area contributed by atoms with Gasteiger partial charge in [0.25, 0.3) is 0 Å². The van der Waals surface area contributed by atoms with E-state index in [0.29, 0.717) is 23.7 Å². The Morgan fingerprint density at radius 1 is 1.26 bits per heavy atom. The Morgan fingerprint density at radius 2 is 2.04 bits per heavy atom. The Balaban J connectivity index is 0.00000192. The van der Waals surface area contributed by atoms with Crippen molar-refractivity contribution in [1.29, 1.82) is 0 Å². The molecule has 2 fully saturated rings. The van der Waals surface area contributed by atoms with Gasteiger partial charge in [-0.05, 0) is 44.4 Å². The molecule has 2 aliphatic heterocycles. The van der Waals surface area contributed by atoms with Crippen LogP contribution in [0.5, 0.6) is 0 Å². The molecule has 0 aliphatic carbocycles. The molecule has 3 rings (SSSR count). The molecular weight excluding hydrogens is 337 g/mol. The fourth-order valence-electron chi connectivity index (χ4n) is 3.10. The van der Waals surface area contributed by atoms with Gasteiger partial charge in [-0.1, -0.05) is 23.7 Å². The molecule has 7 heteroatoms. The van der Waals surface area contributed by atoms with Gasteiger partial charge in [-0.25, -0.2) is 0 Å². The summed E-state index contributed by atoms with van der Waals surface area (Å²) in [4.78, 5) is 26.5. The Hall–Kier alpha value is -1.30. The average molecular weight is 358 g/mol. The van der Waals surface area contributed by atoms with Gasteiger partial charge < -0.3 is 15.5 Å². The van der Waals surface area contributed by atoms with Gasteiger partial charge >= 0.3 is 0 Å². The molecule has 0 bridgehead atoms. The van der Waals surface area contributed by atoms with Crippen LogP contribution in [0.4, 0.5) is 5.69 Å². The van der Waals surface area contributed by atoms with E-state index in [9.17, 15) is 9.59 Å². The summed E-state index contributed by atoms with van der Waals surface area (Å²) in [5, 5.41) is 6.60. The normalized spacial score (nSPS) is 24.2. The minimum atomic E-state index is -0.458. The van der Waals surface area contributed by atoms with Crippen molar-refractivity contribution >= 4 is 41.5 Å². The smallest absolute Gasteiger partial charge is 0.249 e. The lowest BCUT2D eigenvalue weighted by Gasteiger charge is -2.33. The molecule has 2 amide bonds. The second-order valence-electron chi connectivity index (χ2n) is 5.79. The van der Waals surface area contributed by atoms with E-state index in [0.717, 1.165) is 25.8 Å². The summed E-state index contributed by atoms with van der Waals surface area (Å²) in [6, 6.07) is 6.69. The number of anilines is 1. The molecule has 0 radical (unpaired) electrons. The van der Waals surface area contributed by atoms with Crippen LogP contribution in [-0.4, -0.2) is 37.0 Å². The largest absolute Gasteiger partial charge is 0.343 e. The molecule has 2 heterocycles. The molecular formula is C16H21Cl2N3O2. The predicted octanol–water partition coefficient (Wildman–Crippen LogP) is 2.13. The number of hydrogen-bond acceptors (Lipinski definition) is 3. The summed E-state index contributed by atoms with van der Waals surface area (Å²) >= 11 is 6.19. The zero-order valence-corrected chi connectivity index (χ0v) is 14.3. The maximum absolute atomic E-state index is 12.7. The minimum absolute atomic E-state index is 0. The summed E-state index contributed by atoms with van der Waals surface area (Å²) in [7, 11) is 0. The summed E-state index contributed by atoms with van der Waals surface area (Å²) in [6.45, 7) is 1.50. The molecule has 2 unspecified atom stereocenters. The molecule has 23 heavy (non-hydrogen) atoms. The zero-order valence-electron chi connectivity index (χ0n) is 12.8. The summed E-state index contributed by atoms with van der Waals surface area (Å²) in [6.07, 6.45) is 3.36. The predicted molar refractivity (Wildman–Crippen MR) is 93.2 cm³/mol. The molecule has 0 aromatic heterocycles. The summed E-state index contributed by atoms with van der Waals surface area (Å²) in [5.74, 6) is -0.150. The third-order valence-electron chi connectivity index (χ3n) is 4.28. The summed E-state index contributed by atoms with van der Waals surface area (Å²) < 4.78 is 0. The first-order valence-electron chi connectivity index (χ1n) is 7.76. The Bertz CT molecular complexity index is 576. The van der Waals surface area contributed by atoms with Gasteiger partial charge in [0, 0.05) is 6.54 Å². The number of carbonyl (C=O) groups is 2. The molecule has 1 aromatic rings. The average Bonchev–Trinajstić information content (AvgIpc) is 3.05. The first kappa shape index (κ1) is 18.0. The quantitative estimate of drug-likeness (QED) is 0.870. The van der Waals surface area contributed by atoms with Crippen molar-refractivity contribution in [1.82, 2.24) is 10.6 Å².